The van der Waals surface area contributed by atoms with E-state index < -0.39 is 42.8 Å². The van der Waals surface area contributed by atoms with Crippen molar-refractivity contribution < 1.29 is 29.6 Å². The molecule has 2 amide bonds. The molecule has 0 aromatic heterocycles. The van der Waals surface area contributed by atoms with Gasteiger partial charge in [-0.05, 0) is 0 Å². The van der Waals surface area contributed by atoms with Gasteiger partial charge in [0.1, 0.15) is 18.3 Å². The maximum Gasteiger partial charge on any atom is 0.254 e. The summed E-state index contributed by atoms with van der Waals surface area (Å²) in [6, 6.07) is -0.928. The highest BCUT2D eigenvalue weighted by molar-refractivity contribution is 6.13. The van der Waals surface area contributed by atoms with Gasteiger partial charge >= 0.3 is 0 Å². The van der Waals surface area contributed by atoms with Crippen LogP contribution in [0, 0.1) is 0 Å². The largest absolute Gasteiger partial charge is 0.394 e. The van der Waals surface area contributed by atoms with Crippen molar-refractivity contribution in [3.05, 3.63) is 12.2 Å². The predicted molar refractivity (Wildman–Crippen MR) is 53.6 cm³/mol. The first-order valence-corrected chi connectivity index (χ1v) is 5.20. The van der Waals surface area contributed by atoms with Gasteiger partial charge in [-0.1, -0.05) is 0 Å². The van der Waals surface area contributed by atoms with Crippen LogP contribution >= 0.6 is 0 Å². The Kier molecular flexibility index (Phi) is 3.25. The monoisotopic (exact) mass is 243 g/mol. The summed E-state index contributed by atoms with van der Waals surface area (Å²) in [5.74, 6) is -1.09. The topological polar surface area (TPSA) is 107 Å². The lowest BCUT2D eigenvalue weighted by Gasteiger charge is -2.40. The zero-order valence-electron chi connectivity index (χ0n) is 8.89. The molecular formula is C10H13NO6. The quantitative estimate of drug-likeness (QED) is 0.459. The first-order valence-electron chi connectivity index (χ1n) is 5.20. The van der Waals surface area contributed by atoms with Gasteiger partial charge < -0.3 is 20.1 Å². The van der Waals surface area contributed by atoms with Gasteiger partial charge in [0.25, 0.3) is 11.8 Å². The van der Waals surface area contributed by atoms with Crippen LogP contribution in [0.5, 0.6) is 0 Å². The molecule has 17 heavy (non-hydrogen) atoms. The fourth-order valence-electron chi connectivity index (χ4n) is 1.99. The molecule has 0 aliphatic carbocycles. The van der Waals surface area contributed by atoms with Gasteiger partial charge in [-0.15, -0.1) is 0 Å². The first kappa shape index (κ1) is 12.2. The number of aliphatic hydroxyl groups is 3. The van der Waals surface area contributed by atoms with Crippen LogP contribution in [0.3, 0.4) is 0 Å². The number of amides is 2. The maximum atomic E-state index is 11.4. The predicted octanol–water partition coefficient (Wildman–Crippen LogP) is -2.61. The van der Waals surface area contributed by atoms with Gasteiger partial charge in [0.15, 0.2) is 0 Å². The van der Waals surface area contributed by atoms with E-state index in [0.717, 1.165) is 17.1 Å². The number of imide groups is 1. The second kappa shape index (κ2) is 4.53. The van der Waals surface area contributed by atoms with Gasteiger partial charge in [0.05, 0.1) is 19.3 Å². The highest BCUT2D eigenvalue weighted by Crippen LogP contribution is 2.22. The Hall–Kier alpha value is -1.28. The highest BCUT2D eigenvalue weighted by atomic mass is 16.5. The minimum Gasteiger partial charge on any atom is -0.394 e. The lowest BCUT2D eigenvalue weighted by molar-refractivity contribution is -0.185. The number of hydrogen-bond acceptors (Lipinski definition) is 6. The van der Waals surface area contributed by atoms with E-state index >= 15 is 0 Å². The van der Waals surface area contributed by atoms with Crippen LogP contribution in [0.2, 0.25) is 0 Å². The van der Waals surface area contributed by atoms with E-state index in [-0.39, 0.29) is 6.61 Å². The average Bonchev–Trinajstić information content (AvgIpc) is 2.63. The fourth-order valence-corrected chi connectivity index (χ4v) is 1.99. The Bertz CT molecular complexity index is 350. The van der Waals surface area contributed by atoms with Crippen LogP contribution in [0.1, 0.15) is 0 Å². The fraction of sp³-hybridized carbons (Fsp3) is 0.600. The molecule has 1 fully saturated rings. The summed E-state index contributed by atoms with van der Waals surface area (Å²) in [5.41, 5.74) is 0. The van der Waals surface area contributed by atoms with Crippen LogP contribution < -0.4 is 0 Å². The molecular weight excluding hydrogens is 230 g/mol. The van der Waals surface area contributed by atoms with Crippen molar-refractivity contribution in [2.24, 2.45) is 0 Å². The minimum atomic E-state index is -1.33. The summed E-state index contributed by atoms with van der Waals surface area (Å²) in [6.45, 7) is -0.548. The third-order valence-electron chi connectivity index (χ3n) is 2.96. The second-order valence-corrected chi connectivity index (χ2v) is 3.98. The van der Waals surface area contributed by atoms with E-state index in [0.29, 0.717) is 0 Å². The number of nitrogens with zero attached hydrogens (tertiary/aromatic N) is 1. The lowest BCUT2D eigenvalue weighted by atomic mass is 9.97. The molecule has 94 valence electrons. The molecule has 0 aromatic rings. The van der Waals surface area contributed by atoms with Crippen LogP contribution in [0.4, 0.5) is 0 Å². The number of ether oxygens (including phenoxy) is 1. The van der Waals surface area contributed by atoms with Gasteiger partial charge in [-0.3, -0.25) is 14.5 Å². The van der Waals surface area contributed by atoms with Crippen LogP contribution in [-0.2, 0) is 14.3 Å². The lowest BCUT2D eigenvalue weighted by Crippen LogP contribution is -2.61. The molecule has 4 atom stereocenters. The average molecular weight is 243 g/mol. The molecule has 2 aliphatic heterocycles. The van der Waals surface area contributed by atoms with Crippen LogP contribution in [0.25, 0.3) is 0 Å². The molecule has 7 nitrogen and oxygen atoms in total. The molecule has 3 N–H and O–H groups in total. The molecule has 0 saturated carbocycles. The molecule has 0 radical (unpaired) electrons. The summed E-state index contributed by atoms with van der Waals surface area (Å²) in [7, 11) is 0. The normalized spacial score (nSPS) is 37.9. The van der Waals surface area contributed by atoms with Crippen molar-refractivity contribution in [2.45, 2.75) is 24.4 Å². The Balaban J connectivity index is 2.13. The van der Waals surface area contributed by atoms with Crippen molar-refractivity contribution in [2.75, 3.05) is 13.2 Å². The van der Waals surface area contributed by atoms with Crippen molar-refractivity contribution >= 4 is 11.8 Å². The van der Waals surface area contributed by atoms with E-state index in [4.69, 9.17) is 9.84 Å². The van der Waals surface area contributed by atoms with Crippen molar-refractivity contribution in [3.8, 4) is 0 Å². The SMILES string of the molecule is O=C1C=CC(=O)N1[C@@H]1COC(CO)C(O)C1O. The second-order valence-electron chi connectivity index (χ2n) is 3.98. The molecule has 7 heteroatoms. The van der Waals surface area contributed by atoms with Gasteiger partial charge in [-0.25, -0.2) is 0 Å². The first-order chi connectivity index (χ1) is 8.06. The summed E-state index contributed by atoms with van der Waals surface area (Å²) in [6.07, 6.45) is -1.37. The molecule has 2 rings (SSSR count). The summed E-state index contributed by atoms with van der Waals surface area (Å²) in [4.78, 5) is 23.7. The summed E-state index contributed by atoms with van der Waals surface area (Å²) < 4.78 is 5.10. The third kappa shape index (κ3) is 1.98. The summed E-state index contributed by atoms with van der Waals surface area (Å²) >= 11 is 0. The third-order valence-corrected chi connectivity index (χ3v) is 2.96. The van der Waals surface area contributed by atoms with Crippen molar-refractivity contribution in [1.29, 1.82) is 0 Å². The minimum absolute atomic E-state index is 0.109. The smallest absolute Gasteiger partial charge is 0.254 e. The van der Waals surface area contributed by atoms with Crippen LogP contribution in [0.15, 0.2) is 12.2 Å². The highest BCUT2D eigenvalue weighted by Gasteiger charge is 2.44. The zero-order chi connectivity index (χ0) is 12.6. The Morgan fingerprint density at radius 1 is 1.24 bits per heavy atom. The Labute approximate surface area is 96.9 Å². The van der Waals surface area contributed by atoms with E-state index in [1.54, 1.807) is 0 Å². The molecule has 0 bridgehead atoms. The molecule has 1 saturated heterocycles. The molecule has 2 aliphatic rings. The standard InChI is InChI=1S/C10H13NO6/c12-3-6-10(16)9(15)5(4-17-6)11-7(13)1-2-8(11)14/h1-2,5-6,9-10,12,15-16H,3-4H2/t5-,6?,9?,10?/m1/s1. The maximum absolute atomic E-state index is 11.4. The number of carbonyl (C=O) groups is 2. The van der Waals surface area contributed by atoms with Gasteiger partial charge in [0, 0.05) is 12.2 Å². The molecule has 3 unspecified atom stereocenters. The number of rotatable bonds is 2. The molecule has 2 heterocycles. The molecule has 0 spiro atoms. The Morgan fingerprint density at radius 3 is 2.35 bits per heavy atom. The van der Waals surface area contributed by atoms with E-state index in [1.165, 1.54) is 0 Å². The van der Waals surface area contributed by atoms with E-state index in [2.05, 4.69) is 0 Å². The zero-order valence-corrected chi connectivity index (χ0v) is 8.89. The van der Waals surface area contributed by atoms with Crippen molar-refractivity contribution in [3.63, 3.8) is 0 Å². The van der Waals surface area contributed by atoms with Gasteiger partial charge in [0.2, 0.25) is 0 Å². The number of hydrogen-bond donors (Lipinski definition) is 3. The van der Waals surface area contributed by atoms with E-state index in [9.17, 15) is 19.8 Å². The molecule has 0 aromatic carbocycles. The van der Waals surface area contributed by atoms with Gasteiger partial charge in [-0.2, -0.15) is 0 Å². The number of carbonyl (C=O) groups excluding carboxylic acids is 2. The van der Waals surface area contributed by atoms with Crippen molar-refractivity contribution in [1.82, 2.24) is 4.90 Å². The number of aliphatic hydroxyl groups excluding tert-OH is 3. The van der Waals surface area contributed by atoms with Crippen LogP contribution in [-0.4, -0.2) is 69.6 Å². The van der Waals surface area contributed by atoms with E-state index in [1.807, 2.05) is 0 Å². The summed E-state index contributed by atoms with van der Waals surface area (Å²) in [5, 5.41) is 28.3. The Morgan fingerprint density at radius 2 is 1.82 bits per heavy atom.